The standard InChI is InChI=1S/C13H11F6N3O2/c1-2-8(10(20)23)21-11-6-3-5(12(14,15)16)4-7(13(17,18)19)9(6)24-22-11/h3-4,8H,2H2,1H3,(H2,20,23)(H,21,22). The number of nitrogens with two attached hydrogens (primary N) is 1. The van der Waals surface area contributed by atoms with Crippen LogP contribution in [0.25, 0.3) is 11.0 Å². The summed E-state index contributed by atoms with van der Waals surface area (Å²) in [6, 6.07) is -0.609. The SMILES string of the molecule is CCC(Nc1noc2c(C(F)(F)F)cc(C(F)(F)F)cc12)C(N)=O. The van der Waals surface area contributed by atoms with E-state index in [0.29, 0.717) is 6.07 Å². The van der Waals surface area contributed by atoms with Crippen molar-refractivity contribution in [3.63, 3.8) is 0 Å². The van der Waals surface area contributed by atoms with Crippen molar-refractivity contribution in [3.8, 4) is 0 Å². The second-order valence-corrected chi connectivity index (χ2v) is 4.93. The molecule has 0 fully saturated rings. The summed E-state index contributed by atoms with van der Waals surface area (Å²) in [5.74, 6) is -1.26. The summed E-state index contributed by atoms with van der Waals surface area (Å²) in [6.45, 7) is 1.55. The Morgan fingerprint density at radius 1 is 1.25 bits per heavy atom. The molecule has 0 aliphatic rings. The first-order chi connectivity index (χ1) is 10.9. The minimum Gasteiger partial charge on any atom is -0.368 e. The number of anilines is 1. The van der Waals surface area contributed by atoms with Gasteiger partial charge in [0.15, 0.2) is 11.4 Å². The van der Waals surface area contributed by atoms with E-state index in [4.69, 9.17) is 5.73 Å². The van der Waals surface area contributed by atoms with Crippen LogP contribution in [0.3, 0.4) is 0 Å². The summed E-state index contributed by atoms with van der Waals surface area (Å²) >= 11 is 0. The summed E-state index contributed by atoms with van der Waals surface area (Å²) < 4.78 is 82.2. The summed E-state index contributed by atoms with van der Waals surface area (Å²) in [7, 11) is 0. The predicted octanol–water partition coefficient (Wildman–Crippen LogP) is 3.54. The van der Waals surface area contributed by atoms with E-state index in [2.05, 4.69) is 15.0 Å². The zero-order valence-corrected chi connectivity index (χ0v) is 12.0. The van der Waals surface area contributed by atoms with Crippen molar-refractivity contribution in [1.82, 2.24) is 5.16 Å². The molecule has 0 spiro atoms. The molecular formula is C13H11F6N3O2. The molecule has 3 N–H and O–H groups in total. The van der Waals surface area contributed by atoms with Gasteiger partial charge in [-0.1, -0.05) is 12.1 Å². The van der Waals surface area contributed by atoms with Gasteiger partial charge in [0.2, 0.25) is 5.91 Å². The summed E-state index contributed by atoms with van der Waals surface area (Å²) in [5, 5.41) is 5.15. The van der Waals surface area contributed by atoms with Crippen LogP contribution >= 0.6 is 0 Å². The monoisotopic (exact) mass is 355 g/mol. The van der Waals surface area contributed by atoms with Gasteiger partial charge in [0.05, 0.1) is 10.9 Å². The van der Waals surface area contributed by atoms with Crippen molar-refractivity contribution in [3.05, 3.63) is 23.3 Å². The van der Waals surface area contributed by atoms with Gasteiger partial charge in [-0.05, 0) is 18.6 Å². The maximum Gasteiger partial charge on any atom is 0.420 e. The van der Waals surface area contributed by atoms with Crippen molar-refractivity contribution in [2.24, 2.45) is 5.73 Å². The first-order valence-corrected chi connectivity index (χ1v) is 6.58. The predicted molar refractivity (Wildman–Crippen MR) is 70.9 cm³/mol. The van der Waals surface area contributed by atoms with Crippen LogP contribution in [0.2, 0.25) is 0 Å². The number of hydrogen-bond donors (Lipinski definition) is 2. The second-order valence-electron chi connectivity index (χ2n) is 4.93. The molecule has 0 aliphatic carbocycles. The quantitative estimate of drug-likeness (QED) is 0.822. The number of fused-ring (bicyclic) bond motifs is 1. The van der Waals surface area contributed by atoms with Crippen LogP contribution in [0, 0.1) is 0 Å². The normalized spacial score (nSPS) is 14.0. The lowest BCUT2D eigenvalue weighted by Crippen LogP contribution is -2.34. The number of benzene rings is 1. The van der Waals surface area contributed by atoms with Crippen molar-refractivity contribution < 1.29 is 35.7 Å². The van der Waals surface area contributed by atoms with Gasteiger partial charge in [0.25, 0.3) is 0 Å². The molecule has 2 aromatic rings. The summed E-state index contributed by atoms with van der Waals surface area (Å²) in [6.07, 6.45) is -9.94. The Balaban J connectivity index is 2.67. The molecule has 1 aromatic heterocycles. The maximum atomic E-state index is 13.0. The van der Waals surface area contributed by atoms with E-state index in [-0.39, 0.29) is 12.5 Å². The molecule has 1 heterocycles. The van der Waals surface area contributed by atoms with Gasteiger partial charge in [0, 0.05) is 0 Å². The van der Waals surface area contributed by atoms with E-state index < -0.39 is 52.2 Å². The molecule has 2 rings (SSSR count). The molecular weight excluding hydrogens is 344 g/mol. The number of hydrogen-bond acceptors (Lipinski definition) is 4. The van der Waals surface area contributed by atoms with Crippen molar-refractivity contribution in [1.29, 1.82) is 0 Å². The molecule has 132 valence electrons. The van der Waals surface area contributed by atoms with Crippen LogP contribution in [-0.2, 0) is 17.1 Å². The number of rotatable bonds is 4. The third kappa shape index (κ3) is 3.39. The third-order valence-electron chi connectivity index (χ3n) is 3.27. The number of amides is 1. The van der Waals surface area contributed by atoms with Gasteiger partial charge in [-0.3, -0.25) is 4.79 Å². The Morgan fingerprint density at radius 2 is 1.88 bits per heavy atom. The number of nitrogens with zero attached hydrogens (tertiary/aromatic N) is 1. The second kappa shape index (κ2) is 5.87. The Kier molecular flexibility index (Phi) is 4.38. The Labute approximate surface area is 130 Å². The topological polar surface area (TPSA) is 81.2 Å². The molecule has 11 heteroatoms. The summed E-state index contributed by atoms with van der Waals surface area (Å²) in [4.78, 5) is 11.2. The van der Waals surface area contributed by atoms with Gasteiger partial charge < -0.3 is 15.6 Å². The Bertz CT molecular complexity index is 765. The van der Waals surface area contributed by atoms with Gasteiger partial charge in [-0.2, -0.15) is 26.3 Å². The fourth-order valence-electron chi connectivity index (χ4n) is 2.06. The lowest BCUT2D eigenvalue weighted by Gasteiger charge is -2.14. The first-order valence-electron chi connectivity index (χ1n) is 6.58. The van der Waals surface area contributed by atoms with E-state index in [0.717, 1.165) is 0 Å². The number of alkyl halides is 6. The largest absolute Gasteiger partial charge is 0.420 e. The molecule has 1 aromatic carbocycles. The van der Waals surface area contributed by atoms with E-state index in [1.54, 1.807) is 6.92 Å². The van der Waals surface area contributed by atoms with Gasteiger partial charge in [-0.15, -0.1) is 0 Å². The lowest BCUT2D eigenvalue weighted by atomic mass is 10.1. The molecule has 1 atom stereocenters. The van der Waals surface area contributed by atoms with Gasteiger partial charge in [0.1, 0.15) is 11.6 Å². The van der Waals surface area contributed by atoms with Crippen LogP contribution in [0.5, 0.6) is 0 Å². The van der Waals surface area contributed by atoms with Crippen molar-refractivity contribution >= 4 is 22.7 Å². The number of carbonyl (C=O) groups excluding carboxylic acids is 1. The summed E-state index contributed by atoms with van der Waals surface area (Å²) in [5.41, 5.74) is 1.10. The van der Waals surface area contributed by atoms with Gasteiger partial charge in [-0.25, -0.2) is 0 Å². The highest BCUT2D eigenvalue weighted by Gasteiger charge is 2.40. The number of nitrogens with one attached hydrogen (secondary N) is 1. The van der Waals surface area contributed by atoms with Crippen LogP contribution in [-0.4, -0.2) is 17.1 Å². The first kappa shape index (κ1) is 17.9. The van der Waals surface area contributed by atoms with Crippen LogP contribution in [0.4, 0.5) is 32.2 Å². The third-order valence-corrected chi connectivity index (χ3v) is 3.27. The fourth-order valence-corrected chi connectivity index (χ4v) is 2.06. The fraction of sp³-hybridized carbons (Fsp3) is 0.385. The molecule has 5 nitrogen and oxygen atoms in total. The van der Waals surface area contributed by atoms with Gasteiger partial charge >= 0.3 is 12.4 Å². The van der Waals surface area contributed by atoms with E-state index in [1.807, 2.05) is 0 Å². The molecule has 1 unspecified atom stereocenters. The Morgan fingerprint density at radius 3 is 2.33 bits per heavy atom. The number of primary amides is 1. The molecule has 0 radical (unpaired) electrons. The van der Waals surface area contributed by atoms with E-state index >= 15 is 0 Å². The molecule has 0 saturated heterocycles. The number of halogens is 6. The minimum atomic E-state index is -5.08. The van der Waals surface area contributed by atoms with Crippen molar-refractivity contribution in [2.45, 2.75) is 31.7 Å². The highest BCUT2D eigenvalue weighted by molar-refractivity contribution is 5.93. The average molecular weight is 355 g/mol. The van der Waals surface area contributed by atoms with Crippen molar-refractivity contribution in [2.75, 3.05) is 5.32 Å². The molecule has 0 saturated carbocycles. The minimum absolute atomic E-state index is 0.0529. The zero-order chi connectivity index (χ0) is 18.3. The molecule has 24 heavy (non-hydrogen) atoms. The van der Waals surface area contributed by atoms with E-state index in [1.165, 1.54) is 0 Å². The zero-order valence-electron chi connectivity index (χ0n) is 12.0. The Hall–Kier alpha value is -2.46. The average Bonchev–Trinajstić information content (AvgIpc) is 2.84. The number of carbonyl (C=O) groups is 1. The molecule has 0 aliphatic heterocycles. The highest BCUT2D eigenvalue weighted by Crippen LogP contribution is 2.41. The maximum absolute atomic E-state index is 13.0. The van der Waals surface area contributed by atoms with E-state index in [9.17, 15) is 31.1 Å². The highest BCUT2D eigenvalue weighted by atomic mass is 19.4. The molecule has 0 bridgehead atoms. The molecule has 1 amide bonds. The number of aromatic nitrogens is 1. The van der Waals surface area contributed by atoms with Crippen LogP contribution in [0.1, 0.15) is 24.5 Å². The van der Waals surface area contributed by atoms with Crippen LogP contribution < -0.4 is 11.1 Å². The van der Waals surface area contributed by atoms with Crippen LogP contribution in [0.15, 0.2) is 16.7 Å². The lowest BCUT2D eigenvalue weighted by molar-refractivity contribution is -0.142. The smallest absolute Gasteiger partial charge is 0.368 e.